The van der Waals surface area contributed by atoms with Crippen LogP contribution < -0.4 is 9.47 Å². The maximum atomic E-state index is 10.7. The lowest BCUT2D eigenvalue weighted by atomic mass is 9.70. The van der Waals surface area contributed by atoms with Crippen LogP contribution in [-0.2, 0) is 5.41 Å². The molecule has 4 aromatic rings. The van der Waals surface area contributed by atoms with E-state index in [2.05, 4.69) is 11.9 Å². The average molecular weight is 373 g/mol. The summed E-state index contributed by atoms with van der Waals surface area (Å²) in [6, 6.07) is 21.5. The van der Waals surface area contributed by atoms with Crippen molar-refractivity contribution in [2.45, 2.75) is 12.3 Å². The zero-order valence-corrected chi connectivity index (χ0v) is 16.2. The lowest BCUT2D eigenvalue weighted by Gasteiger charge is -2.32. The first-order valence-corrected chi connectivity index (χ1v) is 9.16. The van der Waals surface area contributed by atoms with Gasteiger partial charge in [-0.3, -0.25) is 0 Å². The van der Waals surface area contributed by atoms with Gasteiger partial charge >= 0.3 is 0 Å². The molecule has 0 radical (unpaired) electrons. The molecule has 4 nitrogen and oxygen atoms in total. The van der Waals surface area contributed by atoms with Gasteiger partial charge in [0.1, 0.15) is 17.2 Å². The Hall–Kier alpha value is -3.40. The van der Waals surface area contributed by atoms with Gasteiger partial charge < -0.3 is 19.6 Å². The van der Waals surface area contributed by atoms with E-state index in [0.29, 0.717) is 0 Å². The van der Waals surface area contributed by atoms with Gasteiger partial charge in [0.05, 0.1) is 14.2 Å². The van der Waals surface area contributed by atoms with E-state index in [1.165, 1.54) is 0 Å². The molecule has 0 unspecified atom stereocenters. The van der Waals surface area contributed by atoms with E-state index in [9.17, 15) is 5.11 Å². The van der Waals surface area contributed by atoms with Crippen LogP contribution in [0, 0.1) is 0 Å². The van der Waals surface area contributed by atoms with Crippen molar-refractivity contribution >= 4 is 10.9 Å². The van der Waals surface area contributed by atoms with E-state index in [0.717, 1.165) is 39.1 Å². The average Bonchev–Trinajstić information content (AvgIpc) is 3.17. The van der Waals surface area contributed by atoms with Crippen molar-refractivity contribution in [3.63, 3.8) is 0 Å². The normalized spacial score (nSPS) is 13.2. The Balaban J connectivity index is 2.02. The Morgan fingerprint density at radius 3 is 2.18 bits per heavy atom. The monoisotopic (exact) mass is 373 g/mol. The number of fused-ring (bicyclic) bond motifs is 1. The first-order chi connectivity index (χ1) is 13.6. The van der Waals surface area contributed by atoms with Crippen molar-refractivity contribution < 1.29 is 14.6 Å². The number of aromatic hydroxyl groups is 1. The van der Waals surface area contributed by atoms with Gasteiger partial charge in [-0.25, -0.2) is 0 Å². The van der Waals surface area contributed by atoms with E-state index in [-0.39, 0.29) is 5.75 Å². The fourth-order valence-electron chi connectivity index (χ4n) is 3.92. The summed E-state index contributed by atoms with van der Waals surface area (Å²) in [6.45, 7) is 2.13. The maximum Gasteiger partial charge on any atom is 0.120 e. The van der Waals surface area contributed by atoms with Crippen LogP contribution in [0.1, 0.15) is 23.6 Å². The molecule has 2 N–H and O–H groups in total. The number of hydrogen-bond donors (Lipinski definition) is 2. The van der Waals surface area contributed by atoms with Gasteiger partial charge in [-0.05, 0) is 54.4 Å². The molecule has 4 rings (SSSR count). The molecule has 142 valence electrons. The summed E-state index contributed by atoms with van der Waals surface area (Å²) in [6.07, 6.45) is 2.01. The summed E-state index contributed by atoms with van der Waals surface area (Å²) < 4.78 is 10.8. The van der Waals surface area contributed by atoms with Gasteiger partial charge in [0.15, 0.2) is 0 Å². The molecule has 0 bridgehead atoms. The predicted octanol–water partition coefficient (Wildman–Crippen LogP) is 5.25. The van der Waals surface area contributed by atoms with Crippen LogP contribution in [0.15, 0.2) is 72.9 Å². The fraction of sp³-hybridized carbons (Fsp3) is 0.167. The topological polar surface area (TPSA) is 54.5 Å². The largest absolute Gasteiger partial charge is 0.508 e. The lowest BCUT2D eigenvalue weighted by Crippen LogP contribution is -2.25. The zero-order valence-electron chi connectivity index (χ0n) is 16.2. The predicted molar refractivity (Wildman–Crippen MR) is 112 cm³/mol. The molecule has 0 aliphatic carbocycles. The summed E-state index contributed by atoms with van der Waals surface area (Å²) >= 11 is 0. The van der Waals surface area contributed by atoms with E-state index in [1.54, 1.807) is 20.3 Å². The molecule has 0 spiro atoms. The van der Waals surface area contributed by atoms with Crippen LogP contribution in [0.2, 0.25) is 0 Å². The van der Waals surface area contributed by atoms with Crippen LogP contribution in [-0.4, -0.2) is 24.3 Å². The molecule has 0 saturated heterocycles. The molecule has 0 aliphatic rings. The Morgan fingerprint density at radius 1 is 0.821 bits per heavy atom. The zero-order chi connectivity index (χ0) is 19.7. The number of nitrogens with one attached hydrogen (secondary N) is 1. The minimum Gasteiger partial charge on any atom is -0.508 e. The number of rotatable bonds is 5. The van der Waals surface area contributed by atoms with Crippen molar-refractivity contribution in [2.24, 2.45) is 0 Å². The van der Waals surface area contributed by atoms with Crippen LogP contribution in [0.3, 0.4) is 0 Å². The summed E-state index contributed by atoms with van der Waals surface area (Å²) in [5.74, 6) is 1.85. The van der Waals surface area contributed by atoms with E-state index in [1.807, 2.05) is 66.9 Å². The minimum absolute atomic E-state index is 0.262. The smallest absolute Gasteiger partial charge is 0.120 e. The van der Waals surface area contributed by atoms with Crippen LogP contribution in [0.5, 0.6) is 17.2 Å². The Kier molecular flexibility index (Phi) is 4.47. The van der Waals surface area contributed by atoms with Crippen molar-refractivity contribution in [3.05, 3.63) is 89.6 Å². The second-order valence-corrected chi connectivity index (χ2v) is 6.98. The standard InChI is InChI=1S/C24H23NO3/c1-24(20-6-4-5-7-23(20)26,16-8-10-17(27-2)11-9-16)21-15-25-22-13-12-18(28-3)14-19(21)22/h4-15,25-26H,1-3H3/t24-/m1/s1. The molecule has 1 atom stereocenters. The number of aromatic amines is 1. The quantitative estimate of drug-likeness (QED) is 0.503. The van der Waals surface area contributed by atoms with Gasteiger partial charge in [0.2, 0.25) is 0 Å². The number of aromatic nitrogens is 1. The van der Waals surface area contributed by atoms with Gasteiger partial charge in [-0.2, -0.15) is 0 Å². The third-order valence-electron chi connectivity index (χ3n) is 5.54. The molecular formula is C24H23NO3. The number of hydrogen-bond acceptors (Lipinski definition) is 3. The fourth-order valence-corrected chi connectivity index (χ4v) is 3.92. The highest BCUT2D eigenvalue weighted by Crippen LogP contribution is 2.45. The van der Waals surface area contributed by atoms with Crippen molar-refractivity contribution in [1.82, 2.24) is 4.98 Å². The molecule has 0 aliphatic heterocycles. The molecular weight excluding hydrogens is 350 g/mol. The number of benzene rings is 3. The Bertz CT molecular complexity index is 1110. The molecule has 0 saturated carbocycles. The van der Waals surface area contributed by atoms with E-state index >= 15 is 0 Å². The first kappa shape index (κ1) is 18.0. The van der Waals surface area contributed by atoms with Crippen molar-refractivity contribution in [1.29, 1.82) is 0 Å². The Morgan fingerprint density at radius 2 is 1.50 bits per heavy atom. The SMILES string of the molecule is COc1ccc([C@](C)(c2ccccc2O)c2c[nH]c3ccc(OC)cc23)cc1. The molecule has 1 heterocycles. The van der Waals surface area contributed by atoms with Crippen LogP contribution >= 0.6 is 0 Å². The summed E-state index contributed by atoms with van der Waals surface area (Å²) in [5, 5.41) is 11.8. The van der Waals surface area contributed by atoms with Gasteiger partial charge in [-0.15, -0.1) is 0 Å². The summed E-state index contributed by atoms with van der Waals surface area (Å²) in [4.78, 5) is 3.36. The highest BCUT2D eigenvalue weighted by atomic mass is 16.5. The Labute approximate surface area is 164 Å². The third-order valence-corrected chi connectivity index (χ3v) is 5.54. The number of H-pyrrole nitrogens is 1. The lowest BCUT2D eigenvalue weighted by molar-refractivity contribution is 0.414. The number of ether oxygens (including phenoxy) is 2. The molecule has 0 amide bonds. The van der Waals surface area contributed by atoms with Gasteiger partial charge in [0, 0.05) is 28.1 Å². The minimum atomic E-state index is -0.581. The summed E-state index contributed by atoms with van der Waals surface area (Å²) in [5.41, 5.74) is 3.39. The van der Waals surface area contributed by atoms with Gasteiger partial charge in [0.25, 0.3) is 0 Å². The maximum absolute atomic E-state index is 10.7. The third kappa shape index (κ3) is 2.78. The van der Waals surface area contributed by atoms with E-state index < -0.39 is 5.41 Å². The second kappa shape index (κ2) is 6.97. The van der Waals surface area contributed by atoms with Crippen LogP contribution in [0.25, 0.3) is 10.9 Å². The van der Waals surface area contributed by atoms with Crippen molar-refractivity contribution in [3.8, 4) is 17.2 Å². The van der Waals surface area contributed by atoms with Crippen molar-refractivity contribution in [2.75, 3.05) is 14.2 Å². The van der Waals surface area contributed by atoms with E-state index in [4.69, 9.17) is 9.47 Å². The molecule has 3 aromatic carbocycles. The highest BCUT2D eigenvalue weighted by molar-refractivity contribution is 5.87. The second-order valence-electron chi connectivity index (χ2n) is 6.98. The number of phenols is 1. The number of phenolic OH excluding ortho intramolecular Hbond substituents is 1. The molecule has 28 heavy (non-hydrogen) atoms. The number of methoxy groups -OCH3 is 2. The number of para-hydroxylation sites is 1. The summed E-state index contributed by atoms with van der Waals surface area (Å²) in [7, 11) is 3.32. The van der Waals surface area contributed by atoms with Gasteiger partial charge in [-0.1, -0.05) is 30.3 Å². The highest BCUT2D eigenvalue weighted by Gasteiger charge is 2.35. The molecule has 4 heteroatoms. The van der Waals surface area contributed by atoms with Crippen LogP contribution in [0.4, 0.5) is 0 Å². The first-order valence-electron chi connectivity index (χ1n) is 9.16. The molecule has 1 aromatic heterocycles. The molecule has 0 fully saturated rings.